The quantitative estimate of drug-likeness (QED) is 0.823. The van der Waals surface area contributed by atoms with E-state index < -0.39 is 0 Å². The molecule has 1 fully saturated rings. The molecule has 0 aliphatic carbocycles. The van der Waals surface area contributed by atoms with Crippen LogP contribution >= 0.6 is 23.3 Å². The first-order valence-corrected chi connectivity index (χ1v) is 7.30. The van der Waals surface area contributed by atoms with Gasteiger partial charge < -0.3 is 5.32 Å². The van der Waals surface area contributed by atoms with E-state index >= 15 is 0 Å². The van der Waals surface area contributed by atoms with Crippen molar-refractivity contribution in [1.82, 2.24) is 14.7 Å². The lowest BCUT2D eigenvalue weighted by atomic mass is 10.0. The molecule has 1 aromatic heterocycles. The fraction of sp³-hybridized carbons (Fsp3) is 0.800. The molecule has 1 N–H and O–H groups in total. The summed E-state index contributed by atoms with van der Waals surface area (Å²) in [5.41, 5.74) is 0. The number of aryl methyl sites for hydroxylation is 1. The molecule has 1 atom stereocenters. The van der Waals surface area contributed by atoms with E-state index in [9.17, 15) is 0 Å². The number of rotatable bonds is 4. The number of nitrogens with zero attached hydrogens (tertiary/aromatic N) is 2. The second kappa shape index (κ2) is 5.82. The summed E-state index contributed by atoms with van der Waals surface area (Å²) in [6.45, 7) is 4.47. The van der Waals surface area contributed by atoms with Gasteiger partial charge >= 0.3 is 0 Å². The van der Waals surface area contributed by atoms with Crippen LogP contribution in [-0.2, 0) is 6.42 Å². The maximum Gasteiger partial charge on any atom is 0.170 e. The highest BCUT2D eigenvalue weighted by Gasteiger charge is 2.14. The van der Waals surface area contributed by atoms with Gasteiger partial charge in [0.15, 0.2) is 4.34 Å². The van der Waals surface area contributed by atoms with Gasteiger partial charge in [-0.2, -0.15) is 4.37 Å². The summed E-state index contributed by atoms with van der Waals surface area (Å²) in [5, 5.41) is 3.44. The zero-order chi connectivity index (χ0) is 10.5. The zero-order valence-corrected chi connectivity index (χ0v) is 10.7. The molecule has 15 heavy (non-hydrogen) atoms. The topological polar surface area (TPSA) is 37.8 Å². The van der Waals surface area contributed by atoms with Crippen LogP contribution in [0.3, 0.4) is 0 Å². The van der Waals surface area contributed by atoms with Crippen LogP contribution in [0.15, 0.2) is 4.34 Å². The summed E-state index contributed by atoms with van der Waals surface area (Å²) >= 11 is 3.41. The van der Waals surface area contributed by atoms with E-state index in [2.05, 4.69) is 21.6 Å². The van der Waals surface area contributed by atoms with Gasteiger partial charge in [0.1, 0.15) is 5.82 Å². The standard InChI is InChI=1S/C10H17N3S2/c1-2-9-12-10(15-13-9)14-7-8-4-3-5-11-6-8/h8,11H,2-7H2,1H3. The molecule has 1 unspecified atom stereocenters. The van der Waals surface area contributed by atoms with E-state index in [1.807, 2.05) is 11.8 Å². The van der Waals surface area contributed by atoms with Gasteiger partial charge in [0.2, 0.25) is 0 Å². The minimum absolute atomic E-state index is 0.817. The SMILES string of the molecule is CCc1nsc(SCC2CCCNC2)n1. The second-order valence-corrected chi connectivity index (χ2v) is 5.87. The minimum atomic E-state index is 0.817. The molecular weight excluding hydrogens is 226 g/mol. The molecule has 0 bridgehead atoms. The van der Waals surface area contributed by atoms with Gasteiger partial charge in [0.25, 0.3) is 0 Å². The Morgan fingerprint density at radius 2 is 2.53 bits per heavy atom. The van der Waals surface area contributed by atoms with Gasteiger partial charge in [-0.15, -0.1) is 0 Å². The van der Waals surface area contributed by atoms with Crippen molar-refractivity contribution in [3.05, 3.63) is 5.82 Å². The van der Waals surface area contributed by atoms with Gasteiger partial charge in [-0.25, -0.2) is 4.98 Å². The Labute approximate surface area is 99.2 Å². The largest absolute Gasteiger partial charge is 0.316 e. The first kappa shape index (κ1) is 11.4. The minimum Gasteiger partial charge on any atom is -0.316 e. The maximum absolute atomic E-state index is 4.46. The summed E-state index contributed by atoms with van der Waals surface area (Å²) in [4.78, 5) is 4.46. The molecule has 1 aromatic rings. The Kier molecular flexibility index (Phi) is 4.41. The van der Waals surface area contributed by atoms with E-state index in [1.54, 1.807) is 11.5 Å². The number of nitrogens with one attached hydrogen (secondary N) is 1. The second-order valence-electron chi connectivity index (χ2n) is 3.85. The van der Waals surface area contributed by atoms with Crippen LogP contribution in [0, 0.1) is 5.92 Å². The number of thioether (sulfide) groups is 1. The normalized spacial score (nSPS) is 21.8. The van der Waals surface area contributed by atoms with Crippen molar-refractivity contribution in [2.75, 3.05) is 18.8 Å². The predicted molar refractivity (Wildman–Crippen MR) is 65.6 cm³/mol. The first-order chi connectivity index (χ1) is 7.38. The lowest BCUT2D eigenvalue weighted by Crippen LogP contribution is -2.30. The summed E-state index contributed by atoms with van der Waals surface area (Å²) in [6.07, 6.45) is 3.63. The van der Waals surface area contributed by atoms with Crippen LogP contribution in [0.25, 0.3) is 0 Å². The molecule has 1 aliphatic heterocycles. The molecule has 0 aromatic carbocycles. The van der Waals surface area contributed by atoms with Crippen molar-refractivity contribution < 1.29 is 0 Å². The van der Waals surface area contributed by atoms with Crippen LogP contribution in [0.5, 0.6) is 0 Å². The monoisotopic (exact) mass is 243 g/mol. The van der Waals surface area contributed by atoms with E-state index in [0.717, 1.165) is 22.5 Å². The lowest BCUT2D eigenvalue weighted by molar-refractivity contribution is 0.410. The van der Waals surface area contributed by atoms with E-state index in [4.69, 9.17) is 0 Å². The Balaban J connectivity index is 1.76. The van der Waals surface area contributed by atoms with Crippen molar-refractivity contribution >= 4 is 23.3 Å². The molecule has 2 rings (SSSR count). The molecule has 84 valence electrons. The van der Waals surface area contributed by atoms with Crippen molar-refractivity contribution in [3.63, 3.8) is 0 Å². The Bertz CT molecular complexity index is 295. The average molecular weight is 243 g/mol. The van der Waals surface area contributed by atoms with E-state index in [-0.39, 0.29) is 0 Å². The Morgan fingerprint density at radius 1 is 1.60 bits per heavy atom. The molecule has 1 aliphatic rings. The molecule has 5 heteroatoms. The first-order valence-electron chi connectivity index (χ1n) is 5.54. The highest BCUT2D eigenvalue weighted by atomic mass is 32.2. The maximum atomic E-state index is 4.46. The Morgan fingerprint density at radius 3 is 3.20 bits per heavy atom. The lowest BCUT2D eigenvalue weighted by Gasteiger charge is -2.21. The smallest absolute Gasteiger partial charge is 0.170 e. The number of hydrogen-bond acceptors (Lipinski definition) is 5. The van der Waals surface area contributed by atoms with Crippen molar-refractivity contribution in [2.45, 2.75) is 30.5 Å². The number of hydrogen-bond donors (Lipinski definition) is 1. The van der Waals surface area contributed by atoms with Gasteiger partial charge in [-0.3, -0.25) is 0 Å². The van der Waals surface area contributed by atoms with Gasteiger partial charge in [-0.05, 0) is 43.4 Å². The van der Waals surface area contributed by atoms with Crippen molar-refractivity contribution in [1.29, 1.82) is 0 Å². The summed E-state index contributed by atoms with van der Waals surface area (Å²) in [6, 6.07) is 0. The molecule has 0 amide bonds. The van der Waals surface area contributed by atoms with Gasteiger partial charge in [0, 0.05) is 12.2 Å². The van der Waals surface area contributed by atoms with Crippen LogP contribution in [0.2, 0.25) is 0 Å². The van der Waals surface area contributed by atoms with E-state index in [0.29, 0.717) is 0 Å². The molecule has 1 saturated heterocycles. The van der Waals surface area contributed by atoms with Crippen molar-refractivity contribution in [3.8, 4) is 0 Å². The third-order valence-electron chi connectivity index (χ3n) is 2.61. The number of piperidine rings is 1. The summed E-state index contributed by atoms with van der Waals surface area (Å²) in [5.74, 6) is 2.99. The highest BCUT2D eigenvalue weighted by Crippen LogP contribution is 2.25. The van der Waals surface area contributed by atoms with Crippen molar-refractivity contribution in [2.24, 2.45) is 5.92 Å². The van der Waals surface area contributed by atoms with Crippen LogP contribution in [0.1, 0.15) is 25.6 Å². The van der Waals surface area contributed by atoms with Crippen LogP contribution in [0.4, 0.5) is 0 Å². The molecule has 0 spiro atoms. The molecule has 3 nitrogen and oxygen atoms in total. The predicted octanol–water partition coefficient (Wildman–Crippen LogP) is 2.19. The Hall–Kier alpha value is -0.130. The molecular formula is C10H17N3S2. The zero-order valence-electron chi connectivity index (χ0n) is 9.03. The third kappa shape index (κ3) is 3.43. The van der Waals surface area contributed by atoms with Crippen LogP contribution in [-0.4, -0.2) is 28.2 Å². The number of aromatic nitrogens is 2. The van der Waals surface area contributed by atoms with Crippen LogP contribution < -0.4 is 5.32 Å². The fourth-order valence-electron chi connectivity index (χ4n) is 1.70. The molecule has 2 heterocycles. The van der Waals surface area contributed by atoms with Gasteiger partial charge in [0.05, 0.1) is 0 Å². The fourth-order valence-corrected chi connectivity index (χ4v) is 3.55. The molecule has 0 saturated carbocycles. The highest BCUT2D eigenvalue weighted by molar-refractivity contribution is 8.00. The molecule has 0 radical (unpaired) electrons. The van der Waals surface area contributed by atoms with E-state index in [1.165, 1.54) is 31.7 Å². The average Bonchev–Trinajstić information content (AvgIpc) is 2.76. The van der Waals surface area contributed by atoms with Gasteiger partial charge in [-0.1, -0.05) is 18.7 Å². The third-order valence-corrected chi connectivity index (χ3v) is 4.71. The summed E-state index contributed by atoms with van der Waals surface area (Å²) in [7, 11) is 0. The summed E-state index contributed by atoms with van der Waals surface area (Å²) < 4.78 is 5.43.